The fourth-order valence-electron chi connectivity index (χ4n) is 3.56. The predicted molar refractivity (Wildman–Crippen MR) is 136 cm³/mol. The lowest BCUT2D eigenvalue weighted by Gasteiger charge is -2.23. The molecule has 2 aliphatic heterocycles. The van der Waals surface area contributed by atoms with Gasteiger partial charge in [0.15, 0.2) is 23.1 Å². The zero-order chi connectivity index (χ0) is 25.5. The highest BCUT2D eigenvalue weighted by atomic mass is 19.1. The SMILES string of the molecule is O=C(C=Nc1cccc(Nc2ncc(F)c(Nc3ccc4c(c3)OCCO4)n2)c1)N=CN1CCOCC1. The fourth-order valence-corrected chi connectivity index (χ4v) is 3.56. The van der Waals surface area contributed by atoms with Crippen molar-refractivity contribution < 1.29 is 23.4 Å². The quantitative estimate of drug-likeness (QED) is 0.367. The highest BCUT2D eigenvalue weighted by molar-refractivity contribution is 6.28. The van der Waals surface area contributed by atoms with Gasteiger partial charge < -0.3 is 29.7 Å². The molecular formula is C25H24FN7O4. The summed E-state index contributed by atoms with van der Waals surface area (Å²) in [5.74, 6) is 0.291. The Morgan fingerprint density at radius 3 is 2.68 bits per heavy atom. The number of rotatable bonds is 7. The van der Waals surface area contributed by atoms with Gasteiger partial charge in [0.1, 0.15) is 13.2 Å². The molecular weight excluding hydrogens is 481 g/mol. The molecule has 2 aliphatic rings. The maximum atomic E-state index is 14.4. The third-order valence-electron chi connectivity index (χ3n) is 5.37. The molecule has 0 aliphatic carbocycles. The number of aromatic nitrogens is 2. The van der Waals surface area contributed by atoms with E-state index in [0.717, 1.165) is 12.4 Å². The maximum absolute atomic E-state index is 14.4. The molecule has 37 heavy (non-hydrogen) atoms. The van der Waals surface area contributed by atoms with E-state index in [4.69, 9.17) is 14.2 Å². The van der Waals surface area contributed by atoms with E-state index in [1.165, 1.54) is 6.34 Å². The number of hydrogen-bond donors (Lipinski definition) is 2. The zero-order valence-electron chi connectivity index (χ0n) is 19.8. The number of ether oxygens (including phenoxy) is 3. The number of fused-ring (bicyclic) bond motifs is 1. The number of carbonyl (C=O) groups is 1. The second kappa shape index (κ2) is 11.4. The molecule has 190 valence electrons. The van der Waals surface area contributed by atoms with Crippen molar-refractivity contribution in [2.24, 2.45) is 9.98 Å². The van der Waals surface area contributed by atoms with Crippen molar-refractivity contribution in [1.29, 1.82) is 0 Å². The van der Waals surface area contributed by atoms with Crippen LogP contribution in [0.2, 0.25) is 0 Å². The number of morpholine rings is 1. The first kappa shape index (κ1) is 24.1. The summed E-state index contributed by atoms with van der Waals surface area (Å²) in [5.41, 5.74) is 1.72. The fraction of sp³-hybridized carbons (Fsp3) is 0.240. The summed E-state index contributed by atoms with van der Waals surface area (Å²) in [5, 5.41) is 5.96. The van der Waals surface area contributed by atoms with Crippen molar-refractivity contribution in [3.05, 3.63) is 54.5 Å². The molecule has 2 N–H and O–H groups in total. The molecule has 0 radical (unpaired) electrons. The first-order valence-corrected chi connectivity index (χ1v) is 11.6. The van der Waals surface area contributed by atoms with E-state index in [1.54, 1.807) is 42.5 Å². The Morgan fingerprint density at radius 2 is 1.81 bits per heavy atom. The number of hydrogen-bond acceptors (Lipinski definition) is 9. The van der Waals surface area contributed by atoms with Crippen molar-refractivity contribution >= 4 is 47.3 Å². The molecule has 0 atom stereocenters. The monoisotopic (exact) mass is 505 g/mol. The van der Waals surface area contributed by atoms with Crippen LogP contribution in [0.4, 0.5) is 33.2 Å². The van der Waals surface area contributed by atoms with Crippen LogP contribution in [0.3, 0.4) is 0 Å². The highest BCUT2D eigenvalue weighted by Gasteiger charge is 2.14. The van der Waals surface area contributed by atoms with E-state index in [0.29, 0.717) is 68.1 Å². The van der Waals surface area contributed by atoms with E-state index in [9.17, 15) is 9.18 Å². The van der Waals surface area contributed by atoms with Gasteiger partial charge in [-0.1, -0.05) is 6.07 Å². The lowest BCUT2D eigenvalue weighted by Crippen LogP contribution is -2.35. The molecule has 1 amide bonds. The average molecular weight is 506 g/mol. The van der Waals surface area contributed by atoms with Gasteiger partial charge in [0.05, 0.1) is 37.7 Å². The van der Waals surface area contributed by atoms with E-state index >= 15 is 0 Å². The second-order valence-corrected chi connectivity index (χ2v) is 8.04. The molecule has 5 rings (SSSR count). The van der Waals surface area contributed by atoms with Gasteiger partial charge in [0, 0.05) is 30.5 Å². The van der Waals surface area contributed by atoms with Crippen LogP contribution in [0.1, 0.15) is 0 Å². The van der Waals surface area contributed by atoms with Crippen LogP contribution >= 0.6 is 0 Å². The Bertz CT molecular complexity index is 1330. The van der Waals surface area contributed by atoms with Gasteiger partial charge in [-0.15, -0.1) is 0 Å². The van der Waals surface area contributed by atoms with E-state index in [1.807, 2.05) is 4.90 Å². The summed E-state index contributed by atoms with van der Waals surface area (Å²) in [6.45, 7) is 3.55. The Hall–Kier alpha value is -4.58. The first-order chi connectivity index (χ1) is 18.1. The van der Waals surface area contributed by atoms with Crippen LogP contribution in [-0.2, 0) is 9.53 Å². The van der Waals surface area contributed by atoms with Gasteiger partial charge >= 0.3 is 0 Å². The molecule has 1 saturated heterocycles. The van der Waals surface area contributed by atoms with Crippen molar-refractivity contribution in [3.8, 4) is 11.5 Å². The maximum Gasteiger partial charge on any atom is 0.289 e. The summed E-state index contributed by atoms with van der Waals surface area (Å²) >= 11 is 0. The molecule has 1 fully saturated rings. The minimum atomic E-state index is -0.616. The summed E-state index contributed by atoms with van der Waals surface area (Å²) in [6.07, 6.45) is 3.74. The summed E-state index contributed by atoms with van der Waals surface area (Å²) in [6, 6.07) is 12.2. The lowest BCUT2D eigenvalue weighted by molar-refractivity contribution is -0.111. The van der Waals surface area contributed by atoms with Gasteiger partial charge in [-0.3, -0.25) is 9.79 Å². The molecule has 0 spiro atoms. The summed E-state index contributed by atoms with van der Waals surface area (Å²) < 4.78 is 30.8. The number of benzene rings is 2. The van der Waals surface area contributed by atoms with Crippen LogP contribution in [0.25, 0.3) is 0 Å². The van der Waals surface area contributed by atoms with Crippen LogP contribution in [0, 0.1) is 5.82 Å². The summed E-state index contributed by atoms with van der Waals surface area (Å²) in [4.78, 5) is 30.3. The molecule has 0 bridgehead atoms. The topological polar surface area (TPSA) is 123 Å². The number of aliphatic imine (C=N–C) groups is 2. The lowest BCUT2D eigenvalue weighted by atomic mass is 10.2. The number of anilines is 4. The minimum absolute atomic E-state index is 0.00733. The van der Waals surface area contributed by atoms with Gasteiger partial charge in [0.2, 0.25) is 5.95 Å². The first-order valence-electron chi connectivity index (χ1n) is 11.6. The largest absolute Gasteiger partial charge is 0.486 e. The van der Waals surface area contributed by atoms with Gasteiger partial charge in [-0.2, -0.15) is 9.98 Å². The number of carbonyl (C=O) groups excluding carboxylic acids is 1. The van der Waals surface area contributed by atoms with Gasteiger partial charge in [0.25, 0.3) is 5.91 Å². The van der Waals surface area contributed by atoms with E-state index < -0.39 is 11.7 Å². The van der Waals surface area contributed by atoms with Crippen LogP contribution in [0.15, 0.2) is 58.6 Å². The van der Waals surface area contributed by atoms with Crippen molar-refractivity contribution in [2.45, 2.75) is 0 Å². The average Bonchev–Trinajstić information content (AvgIpc) is 2.93. The Morgan fingerprint density at radius 1 is 1.00 bits per heavy atom. The van der Waals surface area contributed by atoms with Gasteiger partial charge in [-0.25, -0.2) is 9.37 Å². The molecule has 3 aromatic rings. The van der Waals surface area contributed by atoms with Crippen LogP contribution in [0.5, 0.6) is 11.5 Å². The number of nitrogens with zero attached hydrogens (tertiary/aromatic N) is 5. The van der Waals surface area contributed by atoms with Crippen molar-refractivity contribution in [1.82, 2.24) is 14.9 Å². The predicted octanol–water partition coefficient (Wildman–Crippen LogP) is 3.46. The number of halogens is 1. The highest BCUT2D eigenvalue weighted by Crippen LogP contribution is 2.33. The minimum Gasteiger partial charge on any atom is -0.486 e. The second-order valence-electron chi connectivity index (χ2n) is 8.04. The van der Waals surface area contributed by atoms with Gasteiger partial charge in [-0.05, 0) is 30.3 Å². The van der Waals surface area contributed by atoms with Crippen molar-refractivity contribution in [2.75, 3.05) is 50.2 Å². The third kappa shape index (κ3) is 6.55. The molecule has 0 unspecified atom stereocenters. The summed E-state index contributed by atoms with van der Waals surface area (Å²) in [7, 11) is 0. The smallest absolute Gasteiger partial charge is 0.289 e. The Balaban J connectivity index is 1.23. The Labute approximate surface area is 212 Å². The van der Waals surface area contributed by atoms with E-state index in [-0.39, 0.29) is 11.8 Å². The molecule has 0 saturated carbocycles. The van der Waals surface area contributed by atoms with Crippen LogP contribution < -0.4 is 20.1 Å². The van der Waals surface area contributed by atoms with Crippen LogP contribution in [-0.4, -0.2) is 72.8 Å². The molecule has 12 heteroatoms. The number of nitrogens with one attached hydrogen (secondary N) is 2. The van der Waals surface area contributed by atoms with Crippen molar-refractivity contribution in [3.63, 3.8) is 0 Å². The molecule has 11 nitrogen and oxygen atoms in total. The standard InChI is InChI=1S/C25H24FN7O4/c26-20-14-28-25(32-24(20)30-19-4-5-21-22(13-19)37-11-10-36-21)31-18-3-1-2-17(12-18)27-15-23(34)29-16-33-6-8-35-9-7-33/h1-5,12-16H,6-11H2,(H2,28,30,31,32). The normalized spacial score (nSPS) is 15.2. The Kier molecular flexibility index (Phi) is 7.46. The molecule has 2 aromatic carbocycles. The number of amides is 1. The zero-order valence-corrected chi connectivity index (χ0v) is 19.8. The third-order valence-corrected chi connectivity index (χ3v) is 5.37. The van der Waals surface area contributed by atoms with E-state index in [2.05, 4.69) is 30.6 Å². The molecule has 3 heterocycles. The molecule has 1 aromatic heterocycles.